The van der Waals surface area contributed by atoms with Gasteiger partial charge in [0.25, 0.3) is 5.56 Å². The number of hydrogen-bond donors (Lipinski definition) is 1. The van der Waals surface area contributed by atoms with Gasteiger partial charge in [-0.3, -0.25) is 14.4 Å². The van der Waals surface area contributed by atoms with E-state index in [1.165, 1.54) is 4.68 Å². The Morgan fingerprint density at radius 2 is 1.74 bits per heavy atom. The Morgan fingerprint density at radius 3 is 2.45 bits per heavy atom. The molecule has 0 fully saturated rings. The number of aromatic nitrogens is 2. The van der Waals surface area contributed by atoms with Gasteiger partial charge < -0.3 is 10.6 Å². The summed E-state index contributed by atoms with van der Waals surface area (Å²) in [7, 11) is 0. The lowest BCUT2D eigenvalue weighted by atomic mass is 9.99. The number of nitrogens with zero attached hydrogens (tertiary/aromatic N) is 4. The molecular weight excluding hydrogens is 478 g/mol. The van der Waals surface area contributed by atoms with Gasteiger partial charge in [0, 0.05) is 48.9 Å². The van der Waals surface area contributed by atoms with Crippen molar-refractivity contribution >= 4 is 40.1 Å². The lowest BCUT2D eigenvalue weighted by Crippen LogP contribution is -2.34. The van der Waals surface area contributed by atoms with Gasteiger partial charge in [0.1, 0.15) is 11.6 Å². The van der Waals surface area contributed by atoms with E-state index in [4.69, 9.17) is 5.73 Å². The first-order valence-corrected chi connectivity index (χ1v) is 13.3. The standard InChI is InChI=1S/C30H35N5O3/c1-4-12-34(13-5-2)29(37)23-16-22-8-7-21(17-27(22)33-28(31)18-23)20-9-10-26-24(15-20)19-32-35(30(26)38)14-11-25(36)6-3/h7-10,15-17,19H,4-6,11-14,18H2,1-3H3,(H2,31,33). The summed E-state index contributed by atoms with van der Waals surface area (Å²) in [6.45, 7) is 7.65. The monoisotopic (exact) mass is 513 g/mol. The highest BCUT2D eigenvalue weighted by atomic mass is 16.2. The van der Waals surface area contributed by atoms with Crippen LogP contribution in [0, 0.1) is 0 Å². The van der Waals surface area contributed by atoms with Gasteiger partial charge in [-0.2, -0.15) is 5.10 Å². The molecule has 0 bridgehead atoms. The Kier molecular flexibility index (Phi) is 8.51. The fourth-order valence-electron chi connectivity index (χ4n) is 4.70. The van der Waals surface area contributed by atoms with Gasteiger partial charge in [0.2, 0.25) is 5.91 Å². The van der Waals surface area contributed by atoms with Crippen molar-refractivity contribution in [3.05, 3.63) is 64.1 Å². The van der Waals surface area contributed by atoms with Crippen LogP contribution < -0.4 is 11.3 Å². The van der Waals surface area contributed by atoms with Crippen molar-refractivity contribution in [2.24, 2.45) is 10.7 Å². The van der Waals surface area contributed by atoms with E-state index in [0.29, 0.717) is 54.8 Å². The summed E-state index contributed by atoms with van der Waals surface area (Å²) in [5, 5.41) is 5.56. The molecule has 0 spiro atoms. The number of fused-ring (bicyclic) bond motifs is 2. The average molecular weight is 514 g/mol. The van der Waals surface area contributed by atoms with E-state index < -0.39 is 0 Å². The molecule has 2 aromatic carbocycles. The predicted molar refractivity (Wildman–Crippen MR) is 152 cm³/mol. The van der Waals surface area contributed by atoms with Crippen molar-refractivity contribution in [1.29, 1.82) is 0 Å². The Morgan fingerprint density at radius 1 is 1.03 bits per heavy atom. The second kappa shape index (κ2) is 12.0. The summed E-state index contributed by atoms with van der Waals surface area (Å²) in [6.07, 6.45) is 6.42. The summed E-state index contributed by atoms with van der Waals surface area (Å²) < 4.78 is 1.35. The highest BCUT2D eigenvalue weighted by Gasteiger charge is 2.21. The van der Waals surface area contributed by atoms with Gasteiger partial charge in [0.15, 0.2) is 0 Å². The van der Waals surface area contributed by atoms with Gasteiger partial charge in [-0.1, -0.05) is 39.0 Å². The maximum atomic E-state index is 13.2. The number of hydrogen-bond acceptors (Lipinski definition) is 6. The van der Waals surface area contributed by atoms with Crippen LogP contribution in [0.4, 0.5) is 5.69 Å². The van der Waals surface area contributed by atoms with Crippen LogP contribution in [0.1, 0.15) is 58.4 Å². The topological polar surface area (TPSA) is 111 Å². The second-order valence-corrected chi connectivity index (χ2v) is 9.63. The van der Waals surface area contributed by atoms with Crippen LogP contribution in [0.25, 0.3) is 28.0 Å². The van der Waals surface area contributed by atoms with Crippen LogP contribution in [-0.2, 0) is 16.1 Å². The van der Waals surface area contributed by atoms with Crippen molar-refractivity contribution in [1.82, 2.24) is 14.7 Å². The normalized spacial score (nSPS) is 12.9. The van der Waals surface area contributed by atoms with Gasteiger partial charge >= 0.3 is 0 Å². The predicted octanol–water partition coefficient (Wildman–Crippen LogP) is 4.86. The average Bonchev–Trinajstić information content (AvgIpc) is 3.09. The molecule has 2 heterocycles. The number of nitrogens with two attached hydrogens (primary N) is 1. The minimum absolute atomic E-state index is 0.00974. The zero-order valence-corrected chi connectivity index (χ0v) is 22.4. The largest absolute Gasteiger partial charge is 0.387 e. The third-order valence-corrected chi connectivity index (χ3v) is 6.73. The van der Waals surface area contributed by atoms with Crippen molar-refractivity contribution in [3.8, 4) is 11.1 Å². The Balaban J connectivity index is 1.65. The molecule has 38 heavy (non-hydrogen) atoms. The molecule has 1 aromatic heterocycles. The third kappa shape index (κ3) is 5.90. The summed E-state index contributed by atoms with van der Waals surface area (Å²) in [5.41, 5.74) is 10.1. The second-order valence-electron chi connectivity index (χ2n) is 9.63. The van der Waals surface area contributed by atoms with E-state index >= 15 is 0 Å². The smallest absolute Gasteiger partial charge is 0.274 e. The quantitative estimate of drug-likeness (QED) is 0.416. The summed E-state index contributed by atoms with van der Waals surface area (Å²) in [5.74, 6) is 0.514. The number of carbonyl (C=O) groups excluding carboxylic acids is 2. The van der Waals surface area contributed by atoms with Gasteiger partial charge in [-0.15, -0.1) is 0 Å². The number of amides is 1. The number of carbonyl (C=O) groups is 2. The van der Waals surface area contributed by atoms with Crippen LogP contribution in [0.15, 0.2) is 58.0 Å². The van der Waals surface area contributed by atoms with Crippen LogP contribution >= 0.6 is 0 Å². The van der Waals surface area contributed by atoms with Gasteiger partial charge in [-0.05, 0) is 48.2 Å². The number of benzene rings is 2. The number of rotatable bonds is 10. The van der Waals surface area contributed by atoms with Crippen LogP contribution in [0.5, 0.6) is 0 Å². The van der Waals surface area contributed by atoms with E-state index in [0.717, 1.165) is 34.9 Å². The molecule has 1 aliphatic heterocycles. The third-order valence-electron chi connectivity index (χ3n) is 6.73. The summed E-state index contributed by atoms with van der Waals surface area (Å²) in [4.78, 5) is 44.3. The SMILES string of the molecule is CCCN(CCC)C(=O)C1=Cc2ccc(-c3ccc4c(=O)n(CCC(=O)CC)ncc4c3)cc2N=C(N)C1. The van der Waals surface area contributed by atoms with E-state index in [1.807, 2.05) is 48.2 Å². The lowest BCUT2D eigenvalue weighted by Gasteiger charge is -2.22. The summed E-state index contributed by atoms with van der Waals surface area (Å²) in [6, 6.07) is 11.5. The molecule has 198 valence electrons. The number of aliphatic imine (C=N–C) groups is 1. The number of aryl methyl sites for hydroxylation is 1. The molecule has 0 saturated carbocycles. The molecular formula is C30H35N5O3. The minimum Gasteiger partial charge on any atom is -0.387 e. The van der Waals surface area contributed by atoms with Gasteiger partial charge in [-0.25, -0.2) is 9.67 Å². The van der Waals surface area contributed by atoms with Crippen LogP contribution in [0.2, 0.25) is 0 Å². The first kappa shape index (κ1) is 27.0. The number of amidine groups is 1. The Bertz CT molecular complexity index is 1480. The molecule has 1 amide bonds. The first-order chi connectivity index (χ1) is 18.3. The maximum Gasteiger partial charge on any atom is 0.274 e. The molecule has 0 unspecified atom stereocenters. The zero-order chi connectivity index (χ0) is 27.2. The van der Waals surface area contributed by atoms with Crippen molar-refractivity contribution in [2.75, 3.05) is 13.1 Å². The van der Waals surface area contributed by atoms with E-state index in [-0.39, 0.29) is 23.8 Å². The highest BCUT2D eigenvalue weighted by molar-refractivity contribution is 6.05. The van der Waals surface area contributed by atoms with Gasteiger partial charge in [0.05, 0.1) is 23.8 Å². The van der Waals surface area contributed by atoms with Crippen molar-refractivity contribution in [2.45, 2.75) is 59.4 Å². The molecule has 4 rings (SSSR count). The zero-order valence-electron chi connectivity index (χ0n) is 22.4. The molecule has 2 N–H and O–H groups in total. The molecule has 0 atom stereocenters. The molecule has 0 saturated heterocycles. The highest BCUT2D eigenvalue weighted by Crippen LogP contribution is 2.33. The van der Waals surface area contributed by atoms with E-state index in [2.05, 4.69) is 23.9 Å². The molecule has 1 aliphatic rings. The Hall–Kier alpha value is -4.07. The number of Topliss-reactive ketones (excluding diaryl/α,β-unsaturated/α-hetero) is 1. The fourth-order valence-corrected chi connectivity index (χ4v) is 4.70. The molecule has 8 nitrogen and oxygen atoms in total. The molecule has 0 radical (unpaired) electrons. The fraction of sp³-hybridized carbons (Fsp3) is 0.367. The van der Waals surface area contributed by atoms with E-state index in [1.54, 1.807) is 12.3 Å². The minimum atomic E-state index is -0.209. The lowest BCUT2D eigenvalue weighted by molar-refractivity contribution is -0.127. The Labute approximate surface area is 222 Å². The van der Waals surface area contributed by atoms with Crippen molar-refractivity contribution < 1.29 is 9.59 Å². The molecule has 3 aromatic rings. The van der Waals surface area contributed by atoms with Crippen molar-refractivity contribution in [3.63, 3.8) is 0 Å². The maximum absolute atomic E-state index is 13.2. The summed E-state index contributed by atoms with van der Waals surface area (Å²) >= 11 is 0. The molecule has 0 aliphatic carbocycles. The first-order valence-electron chi connectivity index (χ1n) is 13.3. The number of ketones is 1. The van der Waals surface area contributed by atoms with Crippen LogP contribution in [-0.4, -0.2) is 45.3 Å². The molecule has 8 heteroatoms. The van der Waals surface area contributed by atoms with E-state index in [9.17, 15) is 14.4 Å². The van der Waals surface area contributed by atoms with Crippen LogP contribution in [0.3, 0.4) is 0 Å².